The van der Waals surface area contributed by atoms with Crippen LogP contribution in [0.15, 0.2) is 18.5 Å². The molecule has 5 heteroatoms. The van der Waals surface area contributed by atoms with E-state index in [1.807, 2.05) is 10.9 Å². The molecule has 2 aromatic heterocycles. The highest BCUT2D eigenvalue weighted by molar-refractivity contribution is 5.42. The second kappa shape index (κ2) is 5.91. The molecule has 19 heavy (non-hydrogen) atoms. The number of anilines is 1. The monoisotopic (exact) mass is 261 g/mol. The van der Waals surface area contributed by atoms with Crippen molar-refractivity contribution in [2.45, 2.75) is 53.2 Å². The third-order valence-corrected chi connectivity index (χ3v) is 3.47. The number of hydrogen-bond donors (Lipinski definition) is 1. The molecule has 0 bridgehead atoms. The molecule has 1 atom stereocenters. The van der Waals surface area contributed by atoms with Gasteiger partial charge in [-0.25, -0.2) is 0 Å². The Balaban J connectivity index is 2.06. The largest absolute Gasteiger partial charge is 0.363 e. The zero-order chi connectivity index (χ0) is 13.8. The number of aromatic nitrogens is 4. The molecule has 1 N–H and O–H groups in total. The molecular weight excluding hydrogens is 238 g/mol. The fraction of sp³-hybridized carbons (Fsp3) is 0.571. The smallest absolute Gasteiger partial charge is 0.151 e. The van der Waals surface area contributed by atoms with Crippen LogP contribution in [0.5, 0.6) is 0 Å². The number of nitrogens with zero attached hydrogens (tertiary/aromatic N) is 4. The van der Waals surface area contributed by atoms with Gasteiger partial charge in [-0.15, -0.1) is 0 Å². The Morgan fingerprint density at radius 1 is 1.37 bits per heavy atom. The fourth-order valence-electron chi connectivity index (χ4n) is 2.08. The summed E-state index contributed by atoms with van der Waals surface area (Å²) in [4.78, 5) is 0. The predicted octanol–water partition coefficient (Wildman–Crippen LogP) is 2.99. The minimum atomic E-state index is 0.432. The molecule has 0 saturated carbocycles. The SMILES string of the molecule is CC[C@H](C)n1nccc1CNc1nn(CC)cc1C. The molecule has 2 aromatic rings. The molecule has 0 saturated heterocycles. The number of aryl methyl sites for hydroxylation is 2. The van der Waals surface area contributed by atoms with Gasteiger partial charge in [-0.3, -0.25) is 9.36 Å². The number of nitrogens with one attached hydrogen (secondary N) is 1. The van der Waals surface area contributed by atoms with Crippen molar-refractivity contribution in [2.24, 2.45) is 0 Å². The molecule has 104 valence electrons. The Labute approximate surface area is 114 Å². The topological polar surface area (TPSA) is 47.7 Å². The summed E-state index contributed by atoms with van der Waals surface area (Å²) in [6.07, 6.45) is 5.01. The molecule has 2 rings (SSSR count). The van der Waals surface area contributed by atoms with Gasteiger partial charge in [0.2, 0.25) is 0 Å². The molecule has 0 radical (unpaired) electrons. The molecule has 0 unspecified atom stereocenters. The Morgan fingerprint density at radius 3 is 2.79 bits per heavy atom. The summed E-state index contributed by atoms with van der Waals surface area (Å²) < 4.78 is 4.03. The molecule has 5 nitrogen and oxygen atoms in total. The summed E-state index contributed by atoms with van der Waals surface area (Å²) in [5.74, 6) is 0.957. The van der Waals surface area contributed by atoms with Crippen LogP contribution in [-0.2, 0) is 13.1 Å². The normalized spacial score (nSPS) is 12.6. The molecule has 0 aliphatic carbocycles. The highest BCUT2D eigenvalue weighted by Gasteiger charge is 2.09. The summed E-state index contributed by atoms with van der Waals surface area (Å²) >= 11 is 0. The Kier molecular flexibility index (Phi) is 4.24. The van der Waals surface area contributed by atoms with Crippen LogP contribution in [0, 0.1) is 6.92 Å². The first-order valence-corrected chi connectivity index (χ1v) is 6.96. The van der Waals surface area contributed by atoms with Crippen molar-refractivity contribution in [3.63, 3.8) is 0 Å². The van der Waals surface area contributed by atoms with E-state index in [0.717, 1.165) is 25.3 Å². The van der Waals surface area contributed by atoms with E-state index in [4.69, 9.17) is 0 Å². The highest BCUT2D eigenvalue weighted by Crippen LogP contribution is 2.16. The Hall–Kier alpha value is -1.78. The first kappa shape index (κ1) is 13.6. The summed E-state index contributed by atoms with van der Waals surface area (Å²) in [7, 11) is 0. The van der Waals surface area contributed by atoms with E-state index in [1.165, 1.54) is 11.3 Å². The second-order valence-corrected chi connectivity index (χ2v) is 4.89. The van der Waals surface area contributed by atoms with Crippen LogP contribution in [0.25, 0.3) is 0 Å². The molecule has 0 spiro atoms. The van der Waals surface area contributed by atoms with Crippen molar-refractivity contribution < 1.29 is 0 Å². The molecule has 0 aliphatic rings. The van der Waals surface area contributed by atoms with Crippen molar-refractivity contribution in [3.05, 3.63) is 29.7 Å². The van der Waals surface area contributed by atoms with Crippen LogP contribution in [-0.4, -0.2) is 19.6 Å². The van der Waals surface area contributed by atoms with Gasteiger partial charge in [-0.2, -0.15) is 10.2 Å². The van der Waals surface area contributed by atoms with Gasteiger partial charge in [-0.05, 0) is 33.3 Å². The van der Waals surface area contributed by atoms with Crippen molar-refractivity contribution in [1.82, 2.24) is 19.6 Å². The van der Waals surface area contributed by atoms with E-state index in [0.29, 0.717) is 6.04 Å². The maximum atomic E-state index is 4.50. The molecule has 0 amide bonds. The fourth-order valence-corrected chi connectivity index (χ4v) is 2.08. The summed E-state index contributed by atoms with van der Waals surface area (Å²) in [6.45, 7) is 10.2. The van der Waals surface area contributed by atoms with E-state index < -0.39 is 0 Å². The van der Waals surface area contributed by atoms with Gasteiger partial charge in [0, 0.05) is 30.5 Å². The predicted molar refractivity (Wildman–Crippen MR) is 77.2 cm³/mol. The number of rotatable bonds is 6. The molecule has 0 aromatic carbocycles. The standard InChI is InChI=1S/C14H23N5/c1-5-12(4)19-13(7-8-16-19)9-15-14-11(3)10-18(6-2)17-14/h7-8,10,12H,5-6,9H2,1-4H3,(H,15,17)/t12-/m0/s1. The van der Waals surface area contributed by atoms with E-state index >= 15 is 0 Å². The van der Waals surface area contributed by atoms with Crippen LogP contribution in [0.4, 0.5) is 5.82 Å². The van der Waals surface area contributed by atoms with Gasteiger partial charge in [0.25, 0.3) is 0 Å². The first-order chi connectivity index (χ1) is 9.15. The van der Waals surface area contributed by atoms with Crippen LogP contribution < -0.4 is 5.32 Å². The van der Waals surface area contributed by atoms with Gasteiger partial charge in [0.05, 0.1) is 12.2 Å². The number of hydrogen-bond acceptors (Lipinski definition) is 3. The van der Waals surface area contributed by atoms with Gasteiger partial charge >= 0.3 is 0 Å². The maximum absolute atomic E-state index is 4.50. The Morgan fingerprint density at radius 2 is 2.16 bits per heavy atom. The van der Waals surface area contributed by atoms with E-state index in [-0.39, 0.29) is 0 Å². The van der Waals surface area contributed by atoms with Gasteiger partial charge in [0.1, 0.15) is 0 Å². The van der Waals surface area contributed by atoms with Crippen LogP contribution in [0.1, 0.15) is 44.5 Å². The lowest BCUT2D eigenvalue weighted by atomic mass is 10.2. The van der Waals surface area contributed by atoms with Crippen molar-refractivity contribution >= 4 is 5.82 Å². The molecule has 0 aliphatic heterocycles. The van der Waals surface area contributed by atoms with Crippen LogP contribution >= 0.6 is 0 Å². The summed E-state index contributed by atoms with van der Waals surface area (Å²) in [5, 5.41) is 12.3. The molecule has 0 fully saturated rings. The first-order valence-electron chi connectivity index (χ1n) is 6.96. The average molecular weight is 261 g/mol. The lowest BCUT2D eigenvalue weighted by Gasteiger charge is -2.14. The zero-order valence-corrected chi connectivity index (χ0v) is 12.2. The molecular formula is C14H23N5. The van der Waals surface area contributed by atoms with Gasteiger partial charge in [-0.1, -0.05) is 6.92 Å². The maximum Gasteiger partial charge on any atom is 0.151 e. The molecule has 2 heterocycles. The van der Waals surface area contributed by atoms with Crippen LogP contribution in [0.2, 0.25) is 0 Å². The highest BCUT2D eigenvalue weighted by atomic mass is 15.3. The van der Waals surface area contributed by atoms with Crippen molar-refractivity contribution in [2.75, 3.05) is 5.32 Å². The third kappa shape index (κ3) is 2.97. The lowest BCUT2D eigenvalue weighted by Crippen LogP contribution is -2.13. The minimum Gasteiger partial charge on any atom is -0.363 e. The average Bonchev–Trinajstić information content (AvgIpc) is 3.01. The lowest BCUT2D eigenvalue weighted by molar-refractivity contribution is 0.462. The summed E-state index contributed by atoms with van der Waals surface area (Å²) in [5.41, 5.74) is 2.37. The van der Waals surface area contributed by atoms with Gasteiger partial charge < -0.3 is 5.32 Å². The summed E-state index contributed by atoms with van der Waals surface area (Å²) in [6, 6.07) is 2.49. The van der Waals surface area contributed by atoms with Gasteiger partial charge in [0.15, 0.2) is 5.82 Å². The van der Waals surface area contributed by atoms with Crippen LogP contribution in [0.3, 0.4) is 0 Å². The Bertz CT molecular complexity index is 526. The quantitative estimate of drug-likeness (QED) is 0.869. The minimum absolute atomic E-state index is 0.432. The second-order valence-electron chi connectivity index (χ2n) is 4.89. The van der Waals surface area contributed by atoms with E-state index in [9.17, 15) is 0 Å². The van der Waals surface area contributed by atoms with E-state index in [2.05, 4.69) is 60.2 Å². The third-order valence-electron chi connectivity index (χ3n) is 3.47. The van der Waals surface area contributed by atoms with Crippen molar-refractivity contribution in [3.8, 4) is 0 Å². The zero-order valence-electron chi connectivity index (χ0n) is 12.2. The van der Waals surface area contributed by atoms with Crippen molar-refractivity contribution in [1.29, 1.82) is 0 Å². The van der Waals surface area contributed by atoms with E-state index in [1.54, 1.807) is 0 Å².